The van der Waals surface area contributed by atoms with Gasteiger partial charge in [0.2, 0.25) is 0 Å². The molecule has 2 N–H and O–H groups in total. The van der Waals surface area contributed by atoms with Crippen LogP contribution in [0, 0.1) is 5.92 Å². The third kappa shape index (κ3) is 6.89. The highest BCUT2D eigenvalue weighted by atomic mass is 16.5. The predicted molar refractivity (Wildman–Crippen MR) is 120 cm³/mol. The zero-order chi connectivity index (χ0) is 20.6. The van der Waals surface area contributed by atoms with E-state index < -0.39 is 0 Å². The first-order chi connectivity index (χ1) is 14.0. The molecule has 1 aromatic carbocycles. The number of piperidine rings is 1. The van der Waals surface area contributed by atoms with Gasteiger partial charge in [-0.3, -0.25) is 0 Å². The van der Waals surface area contributed by atoms with Crippen molar-refractivity contribution in [3.8, 4) is 0 Å². The summed E-state index contributed by atoms with van der Waals surface area (Å²) in [5.41, 5.74) is 1.91. The van der Waals surface area contributed by atoms with Gasteiger partial charge < -0.3 is 25.2 Å². The smallest absolute Gasteiger partial charge is 0.319 e. The summed E-state index contributed by atoms with van der Waals surface area (Å²) >= 11 is 0. The molecule has 2 aliphatic rings. The first-order valence-corrected chi connectivity index (χ1v) is 11.3. The number of anilines is 2. The Labute approximate surface area is 176 Å². The molecule has 2 amide bonds. The molecule has 6 heteroatoms. The lowest BCUT2D eigenvalue weighted by Gasteiger charge is -2.37. The maximum absolute atomic E-state index is 12.4. The molecule has 2 aliphatic heterocycles. The van der Waals surface area contributed by atoms with Crippen LogP contribution in [-0.2, 0) is 4.74 Å². The van der Waals surface area contributed by atoms with Gasteiger partial charge in [-0.15, -0.1) is 0 Å². The Bertz CT molecular complexity index is 636. The Hall–Kier alpha value is -1.79. The molecule has 6 nitrogen and oxygen atoms in total. The van der Waals surface area contributed by atoms with Crippen molar-refractivity contribution in [1.82, 2.24) is 10.2 Å². The first-order valence-electron chi connectivity index (χ1n) is 11.3. The molecule has 0 unspecified atom stereocenters. The number of rotatable bonds is 7. The van der Waals surface area contributed by atoms with Crippen LogP contribution in [0.15, 0.2) is 24.3 Å². The van der Waals surface area contributed by atoms with E-state index in [2.05, 4.69) is 47.3 Å². The molecule has 2 heterocycles. The number of carbonyl (C=O) groups is 1. The molecule has 0 aliphatic carbocycles. The molecule has 1 aromatic rings. The van der Waals surface area contributed by atoms with E-state index in [4.69, 9.17) is 4.74 Å². The van der Waals surface area contributed by atoms with Crippen LogP contribution in [0.1, 0.15) is 46.5 Å². The van der Waals surface area contributed by atoms with Gasteiger partial charge in [-0.05, 0) is 77.2 Å². The number of nitrogens with one attached hydrogen (secondary N) is 2. The van der Waals surface area contributed by atoms with Gasteiger partial charge in [-0.25, -0.2) is 4.79 Å². The van der Waals surface area contributed by atoms with Crippen LogP contribution >= 0.6 is 0 Å². The van der Waals surface area contributed by atoms with E-state index in [0.29, 0.717) is 6.54 Å². The summed E-state index contributed by atoms with van der Waals surface area (Å²) in [5.74, 6) is 0.878. The minimum atomic E-state index is -0.126. The van der Waals surface area contributed by atoms with Crippen LogP contribution in [0.2, 0.25) is 0 Å². The lowest BCUT2D eigenvalue weighted by atomic mass is 9.99. The number of likely N-dealkylation sites (tertiary alicyclic amines) is 1. The number of para-hydroxylation sites is 2. The normalized spacial score (nSPS) is 23.8. The second-order valence-corrected chi connectivity index (χ2v) is 8.79. The van der Waals surface area contributed by atoms with Crippen molar-refractivity contribution in [2.45, 2.75) is 58.7 Å². The molecular weight excluding hydrogens is 364 g/mol. The van der Waals surface area contributed by atoms with Crippen molar-refractivity contribution in [3.63, 3.8) is 0 Å². The number of ether oxygens (including phenoxy) is 1. The topological polar surface area (TPSA) is 56.8 Å². The second kappa shape index (κ2) is 10.8. The number of nitrogens with zero attached hydrogens (tertiary/aromatic N) is 2. The van der Waals surface area contributed by atoms with E-state index in [0.717, 1.165) is 49.8 Å². The minimum Gasteiger partial charge on any atom is -0.372 e. The van der Waals surface area contributed by atoms with E-state index in [1.54, 1.807) is 0 Å². The van der Waals surface area contributed by atoms with Crippen molar-refractivity contribution >= 4 is 17.4 Å². The van der Waals surface area contributed by atoms with Crippen LogP contribution in [0.3, 0.4) is 0 Å². The zero-order valence-corrected chi connectivity index (χ0v) is 18.3. The number of amides is 2. The average Bonchev–Trinajstić information content (AvgIpc) is 2.69. The van der Waals surface area contributed by atoms with E-state index in [-0.39, 0.29) is 18.2 Å². The fourth-order valence-corrected chi connectivity index (χ4v) is 4.34. The van der Waals surface area contributed by atoms with Gasteiger partial charge in [-0.1, -0.05) is 19.1 Å². The van der Waals surface area contributed by atoms with Gasteiger partial charge in [0.1, 0.15) is 0 Å². The minimum absolute atomic E-state index is 0.126. The molecule has 2 atom stereocenters. The molecular formula is C23H38N4O2. The third-order valence-corrected chi connectivity index (χ3v) is 5.98. The maximum Gasteiger partial charge on any atom is 0.319 e. The van der Waals surface area contributed by atoms with Gasteiger partial charge in [0.05, 0.1) is 23.6 Å². The summed E-state index contributed by atoms with van der Waals surface area (Å²) in [6.07, 6.45) is 5.16. The Balaban J connectivity index is 1.40. The predicted octanol–water partition coefficient (Wildman–Crippen LogP) is 3.93. The van der Waals surface area contributed by atoms with Gasteiger partial charge in [-0.2, -0.15) is 0 Å². The van der Waals surface area contributed by atoms with Gasteiger partial charge in [0, 0.05) is 19.6 Å². The summed E-state index contributed by atoms with van der Waals surface area (Å²) < 4.78 is 5.84. The lowest BCUT2D eigenvalue weighted by Crippen LogP contribution is -2.45. The maximum atomic E-state index is 12.4. The number of urea groups is 1. The summed E-state index contributed by atoms with van der Waals surface area (Å²) in [6, 6.07) is 7.89. The number of carbonyl (C=O) groups excluding carboxylic acids is 1. The van der Waals surface area contributed by atoms with E-state index in [1.807, 2.05) is 18.2 Å². The van der Waals surface area contributed by atoms with Crippen LogP contribution in [0.25, 0.3) is 0 Å². The number of unbranched alkanes of at least 4 members (excludes halogenated alkanes) is 1. The second-order valence-electron chi connectivity index (χ2n) is 8.79. The van der Waals surface area contributed by atoms with Gasteiger partial charge >= 0.3 is 6.03 Å². The Kier molecular flexibility index (Phi) is 8.19. The summed E-state index contributed by atoms with van der Waals surface area (Å²) in [5, 5.41) is 6.05. The highest BCUT2D eigenvalue weighted by Gasteiger charge is 2.24. The molecule has 0 radical (unpaired) electrons. The van der Waals surface area contributed by atoms with Gasteiger partial charge in [0.25, 0.3) is 0 Å². The highest BCUT2D eigenvalue weighted by molar-refractivity contribution is 5.93. The number of hydrogen-bond donors (Lipinski definition) is 2. The van der Waals surface area contributed by atoms with Crippen molar-refractivity contribution in [2.24, 2.45) is 5.92 Å². The van der Waals surface area contributed by atoms with Crippen molar-refractivity contribution in [2.75, 3.05) is 49.5 Å². The van der Waals surface area contributed by atoms with Crippen molar-refractivity contribution < 1.29 is 9.53 Å². The highest BCUT2D eigenvalue weighted by Crippen LogP contribution is 2.28. The molecule has 0 spiro atoms. The molecule has 0 bridgehead atoms. The molecule has 0 saturated carbocycles. The largest absolute Gasteiger partial charge is 0.372 e. The van der Waals surface area contributed by atoms with Crippen molar-refractivity contribution in [1.29, 1.82) is 0 Å². The summed E-state index contributed by atoms with van der Waals surface area (Å²) in [7, 11) is 0. The van der Waals surface area contributed by atoms with Gasteiger partial charge in [0.15, 0.2) is 0 Å². The summed E-state index contributed by atoms with van der Waals surface area (Å²) in [6.45, 7) is 12.5. The SMILES string of the molecule is CC1CCN(CCCCNC(=O)Nc2ccccc2N2C[C@@H](C)O[C@H](C)C2)CC1. The van der Waals surface area contributed by atoms with E-state index in [1.165, 1.54) is 25.9 Å². The van der Waals surface area contributed by atoms with Crippen LogP contribution < -0.4 is 15.5 Å². The average molecular weight is 403 g/mol. The molecule has 162 valence electrons. The Morgan fingerprint density at radius 1 is 1.07 bits per heavy atom. The zero-order valence-electron chi connectivity index (χ0n) is 18.3. The summed E-state index contributed by atoms with van der Waals surface area (Å²) in [4.78, 5) is 17.3. The fourth-order valence-electron chi connectivity index (χ4n) is 4.34. The first kappa shape index (κ1) is 21.9. The number of morpholine rings is 1. The molecule has 29 heavy (non-hydrogen) atoms. The van der Waals surface area contributed by atoms with Crippen LogP contribution in [-0.4, -0.2) is 62.4 Å². The van der Waals surface area contributed by atoms with Crippen LogP contribution in [0.4, 0.5) is 16.2 Å². The van der Waals surface area contributed by atoms with E-state index >= 15 is 0 Å². The van der Waals surface area contributed by atoms with E-state index in [9.17, 15) is 4.79 Å². The lowest BCUT2D eigenvalue weighted by molar-refractivity contribution is -0.00517. The number of benzene rings is 1. The molecule has 2 fully saturated rings. The standard InChI is InChI=1S/C23H38N4O2/c1-18-10-14-26(15-11-18)13-7-6-12-24-23(28)25-21-8-4-5-9-22(21)27-16-19(2)29-20(3)17-27/h4-5,8-9,18-20H,6-7,10-17H2,1-3H3,(H2,24,25,28)/t19-,20-/m1/s1. The van der Waals surface area contributed by atoms with Crippen LogP contribution in [0.5, 0.6) is 0 Å². The van der Waals surface area contributed by atoms with Crippen molar-refractivity contribution in [3.05, 3.63) is 24.3 Å². The quantitative estimate of drug-likeness (QED) is 0.679. The Morgan fingerprint density at radius 3 is 2.48 bits per heavy atom. The molecule has 3 rings (SSSR count). The Morgan fingerprint density at radius 2 is 1.76 bits per heavy atom. The number of hydrogen-bond acceptors (Lipinski definition) is 4. The molecule has 0 aromatic heterocycles. The molecule has 2 saturated heterocycles. The fraction of sp³-hybridized carbons (Fsp3) is 0.696. The third-order valence-electron chi connectivity index (χ3n) is 5.98. The monoisotopic (exact) mass is 402 g/mol.